The number of fused-ring (bicyclic) bond motifs is 1. The first-order valence-corrected chi connectivity index (χ1v) is 7.35. The molecule has 1 aliphatic rings. The van der Waals surface area contributed by atoms with Gasteiger partial charge in [0.05, 0.1) is 18.4 Å². The van der Waals surface area contributed by atoms with E-state index in [-0.39, 0.29) is 17.3 Å². The quantitative estimate of drug-likeness (QED) is 0.813. The molecule has 120 valence electrons. The van der Waals surface area contributed by atoms with Crippen molar-refractivity contribution in [1.29, 1.82) is 0 Å². The molecule has 0 radical (unpaired) electrons. The number of esters is 1. The lowest BCUT2D eigenvalue weighted by Crippen LogP contribution is -2.28. The van der Waals surface area contributed by atoms with Crippen LogP contribution in [0.2, 0.25) is 0 Å². The fraction of sp³-hybridized carbons (Fsp3) is 0.105. The van der Waals surface area contributed by atoms with Crippen LogP contribution in [0.15, 0.2) is 60.3 Å². The van der Waals surface area contributed by atoms with E-state index in [9.17, 15) is 14.4 Å². The van der Waals surface area contributed by atoms with Gasteiger partial charge in [-0.05, 0) is 18.2 Å². The van der Waals surface area contributed by atoms with Gasteiger partial charge in [-0.15, -0.1) is 0 Å². The van der Waals surface area contributed by atoms with E-state index in [2.05, 4.69) is 0 Å². The fourth-order valence-electron chi connectivity index (χ4n) is 2.65. The maximum absolute atomic E-state index is 12.7. The van der Waals surface area contributed by atoms with E-state index in [1.165, 1.54) is 13.2 Å². The molecule has 0 fully saturated rings. The van der Waals surface area contributed by atoms with Crippen molar-refractivity contribution in [3.63, 3.8) is 0 Å². The third kappa shape index (κ3) is 2.60. The Hall–Kier alpha value is -3.21. The molecule has 5 heteroatoms. The van der Waals surface area contributed by atoms with Gasteiger partial charge in [0.2, 0.25) is 5.78 Å². The van der Waals surface area contributed by atoms with Gasteiger partial charge in [-0.3, -0.25) is 9.59 Å². The number of ketones is 2. The molecule has 0 N–H and O–H groups in total. The van der Waals surface area contributed by atoms with Crippen LogP contribution in [0.5, 0.6) is 0 Å². The summed E-state index contributed by atoms with van der Waals surface area (Å²) < 4.78 is 4.71. The number of ether oxygens (including phenoxy) is 1. The molecule has 0 atom stereocenters. The molecule has 3 rings (SSSR count). The largest absolute Gasteiger partial charge is 0.465 e. The van der Waals surface area contributed by atoms with Gasteiger partial charge in [-0.2, -0.15) is 0 Å². The number of hydrogen-bond acceptors (Lipinski definition) is 5. The first kappa shape index (κ1) is 15.7. The second kappa shape index (κ2) is 6.12. The number of likely N-dealkylation sites (N-methyl/N-ethyl adjacent to an activating group) is 1. The smallest absolute Gasteiger partial charge is 0.337 e. The van der Waals surface area contributed by atoms with Crippen molar-refractivity contribution in [3.8, 4) is 0 Å². The molecule has 0 bridgehead atoms. The lowest BCUT2D eigenvalue weighted by atomic mass is 9.92. The molecule has 0 unspecified atom stereocenters. The number of methoxy groups -OCH3 is 1. The molecule has 5 nitrogen and oxygen atoms in total. The summed E-state index contributed by atoms with van der Waals surface area (Å²) in [5, 5.41) is 0. The van der Waals surface area contributed by atoms with Gasteiger partial charge in [0.1, 0.15) is 0 Å². The Bertz CT molecular complexity index is 882. The van der Waals surface area contributed by atoms with Crippen LogP contribution in [0, 0.1) is 0 Å². The van der Waals surface area contributed by atoms with Crippen LogP contribution in [0.3, 0.4) is 0 Å². The van der Waals surface area contributed by atoms with E-state index in [0.29, 0.717) is 22.4 Å². The van der Waals surface area contributed by atoms with Crippen molar-refractivity contribution in [2.24, 2.45) is 0 Å². The lowest BCUT2D eigenvalue weighted by Gasteiger charge is -2.25. The summed E-state index contributed by atoms with van der Waals surface area (Å²) in [6.07, 6.45) is 1.33. The molecule has 2 aromatic rings. The summed E-state index contributed by atoms with van der Waals surface area (Å²) in [6, 6.07) is 13.4. The number of rotatable bonds is 3. The zero-order valence-corrected chi connectivity index (χ0v) is 13.3. The van der Waals surface area contributed by atoms with Crippen molar-refractivity contribution in [3.05, 3.63) is 77.0 Å². The summed E-state index contributed by atoms with van der Waals surface area (Å²) >= 11 is 0. The van der Waals surface area contributed by atoms with E-state index in [1.807, 2.05) is 0 Å². The van der Waals surface area contributed by atoms with Gasteiger partial charge in [0, 0.05) is 29.9 Å². The van der Waals surface area contributed by atoms with Gasteiger partial charge >= 0.3 is 5.97 Å². The van der Waals surface area contributed by atoms with Gasteiger partial charge in [-0.25, -0.2) is 4.79 Å². The molecule has 0 amide bonds. The minimum absolute atomic E-state index is 0.212. The molecule has 2 aromatic carbocycles. The molecule has 0 saturated carbocycles. The minimum atomic E-state index is -0.462. The number of Topliss-reactive ketones (excluding diaryl/α,β-unsaturated/α-hetero) is 1. The van der Waals surface area contributed by atoms with E-state index in [1.54, 1.807) is 60.5 Å². The topological polar surface area (TPSA) is 63.7 Å². The van der Waals surface area contributed by atoms with Crippen molar-refractivity contribution in [2.75, 3.05) is 19.1 Å². The standard InChI is InChI=1S/C19H15NO4/c1-20(13-7-5-6-12(10-13)19(23)24-2)16-11-17(21)14-8-3-4-9-15(14)18(16)22/h3-11H,1-2H3. The van der Waals surface area contributed by atoms with Gasteiger partial charge < -0.3 is 9.64 Å². The van der Waals surface area contributed by atoms with Gasteiger partial charge in [0.25, 0.3) is 0 Å². The Balaban J connectivity index is 1.99. The predicted octanol–water partition coefficient (Wildman–Crippen LogP) is 2.87. The van der Waals surface area contributed by atoms with Crippen molar-refractivity contribution in [1.82, 2.24) is 0 Å². The Labute approximate surface area is 139 Å². The molecule has 0 aliphatic heterocycles. The van der Waals surface area contributed by atoms with Crippen molar-refractivity contribution >= 4 is 23.2 Å². The van der Waals surface area contributed by atoms with Crippen LogP contribution >= 0.6 is 0 Å². The SMILES string of the molecule is COC(=O)c1cccc(N(C)C2=CC(=O)c3ccccc3C2=O)c1. The van der Waals surface area contributed by atoms with Crippen molar-refractivity contribution < 1.29 is 19.1 Å². The average Bonchev–Trinajstić information content (AvgIpc) is 2.63. The highest BCUT2D eigenvalue weighted by molar-refractivity contribution is 6.25. The average molecular weight is 321 g/mol. The molecule has 0 spiro atoms. The molecule has 0 heterocycles. The van der Waals surface area contributed by atoms with Crippen LogP contribution in [0.4, 0.5) is 5.69 Å². The number of nitrogens with zero attached hydrogens (tertiary/aromatic N) is 1. The zero-order chi connectivity index (χ0) is 17.3. The molecule has 0 saturated heterocycles. The fourth-order valence-corrected chi connectivity index (χ4v) is 2.65. The summed E-state index contributed by atoms with van der Waals surface area (Å²) in [5.41, 5.74) is 2.04. The first-order chi connectivity index (χ1) is 11.5. The summed E-state index contributed by atoms with van der Waals surface area (Å²) in [4.78, 5) is 38.2. The number of carbonyl (C=O) groups is 3. The number of hydrogen-bond donors (Lipinski definition) is 0. The zero-order valence-electron chi connectivity index (χ0n) is 13.3. The van der Waals surface area contributed by atoms with Crippen LogP contribution in [0.1, 0.15) is 31.1 Å². The predicted molar refractivity (Wildman–Crippen MR) is 89.4 cm³/mol. The second-order valence-electron chi connectivity index (χ2n) is 5.37. The van der Waals surface area contributed by atoms with E-state index in [4.69, 9.17) is 4.74 Å². The van der Waals surface area contributed by atoms with Crippen molar-refractivity contribution in [2.45, 2.75) is 0 Å². The number of benzene rings is 2. The normalized spacial score (nSPS) is 13.2. The highest BCUT2D eigenvalue weighted by Gasteiger charge is 2.28. The van der Waals surface area contributed by atoms with Gasteiger partial charge in [0.15, 0.2) is 5.78 Å². The number of allylic oxidation sites excluding steroid dienone is 2. The van der Waals surface area contributed by atoms with Crippen LogP contribution in [0.25, 0.3) is 0 Å². The number of anilines is 1. The summed E-state index contributed by atoms with van der Waals surface area (Å²) in [7, 11) is 2.99. The Morgan fingerprint density at radius 2 is 1.71 bits per heavy atom. The molecule has 0 aromatic heterocycles. The minimum Gasteiger partial charge on any atom is -0.465 e. The van der Waals surface area contributed by atoms with E-state index < -0.39 is 5.97 Å². The summed E-state index contributed by atoms with van der Waals surface area (Å²) in [5.74, 6) is -0.900. The lowest BCUT2D eigenvalue weighted by molar-refractivity contribution is 0.0600. The maximum atomic E-state index is 12.7. The Morgan fingerprint density at radius 3 is 2.42 bits per heavy atom. The monoisotopic (exact) mass is 321 g/mol. The van der Waals surface area contributed by atoms with E-state index in [0.717, 1.165) is 0 Å². The third-order valence-electron chi connectivity index (χ3n) is 3.95. The third-order valence-corrected chi connectivity index (χ3v) is 3.95. The number of carbonyl (C=O) groups excluding carboxylic acids is 3. The van der Waals surface area contributed by atoms with Crippen LogP contribution < -0.4 is 4.90 Å². The molecule has 24 heavy (non-hydrogen) atoms. The second-order valence-corrected chi connectivity index (χ2v) is 5.37. The molecular weight excluding hydrogens is 306 g/mol. The Kier molecular flexibility index (Phi) is 4.00. The Morgan fingerprint density at radius 1 is 1.00 bits per heavy atom. The highest BCUT2D eigenvalue weighted by atomic mass is 16.5. The van der Waals surface area contributed by atoms with Crippen LogP contribution in [-0.2, 0) is 4.74 Å². The molecular formula is C19H15NO4. The molecule has 1 aliphatic carbocycles. The highest BCUT2D eigenvalue weighted by Crippen LogP contribution is 2.27. The van der Waals surface area contributed by atoms with Gasteiger partial charge in [-0.1, -0.05) is 30.3 Å². The van der Waals surface area contributed by atoms with E-state index >= 15 is 0 Å². The first-order valence-electron chi connectivity index (χ1n) is 7.35. The maximum Gasteiger partial charge on any atom is 0.337 e. The summed E-state index contributed by atoms with van der Waals surface area (Å²) in [6.45, 7) is 0. The van der Waals surface area contributed by atoms with Crippen LogP contribution in [-0.4, -0.2) is 31.7 Å².